The maximum Gasteiger partial charge on any atom is 0.217 e. The first-order valence-corrected chi connectivity index (χ1v) is 5.82. The zero-order valence-electron chi connectivity index (χ0n) is 8.64. The van der Waals surface area contributed by atoms with Gasteiger partial charge in [0.2, 0.25) is 11.0 Å². The molecule has 1 aliphatic rings. The van der Waals surface area contributed by atoms with Gasteiger partial charge in [0.25, 0.3) is 0 Å². The summed E-state index contributed by atoms with van der Waals surface area (Å²) in [6.07, 6.45) is 3.55. The molecule has 2 rings (SSSR count). The zero-order valence-corrected chi connectivity index (χ0v) is 9.46. The van der Waals surface area contributed by atoms with Gasteiger partial charge in [0.15, 0.2) is 0 Å². The number of rotatable bonds is 2. The lowest BCUT2D eigenvalue weighted by atomic mass is 10.1. The molecule has 1 N–H and O–H groups in total. The highest BCUT2D eigenvalue weighted by Crippen LogP contribution is 2.20. The van der Waals surface area contributed by atoms with Crippen LogP contribution in [0, 0.1) is 0 Å². The van der Waals surface area contributed by atoms with E-state index in [1.54, 1.807) is 13.3 Å². The Bertz CT molecular complexity index is 319. The molecule has 1 aromatic heterocycles. The fourth-order valence-electron chi connectivity index (χ4n) is 1.81. The average Bonchev–Trinajstić information content (AvgIpc) is 2.71. The van der Waals surface area contributed by atoms with E-state index in [2.05, 4.69) is 19.6 Å². The van der Waals surface area contributed by atoms with Crippen molar-refractivity contribution in [2.24, 2.45) is 0 Å². The van der Waals surface area contributed by atoms with Crippen LogP contribution >= 0.6 is 11.5 Å². The summed E-state index contributed by atoms with van der Waals surface area (Å²) in [4.78, 5) is 17.3. The summed E-state index contributed by atoms with van der Waals surface area (Å²) in [5, 5.41) is 3.93. The molecule has 0 aliphatic carbocycles. The summed E-state index contributed by atoms with van der Waals surface area (Å²) < 4.78 is 3.98. The Kier molecular flexibility index (Phi) is 3.15. The standard InChI is InChI=1S/C9H14N4OS/c1-7(14)12-8-2-4-13(5-3-8)9-10-6-11-15-9/h6,8H,2-5H2,1H3,(H,12,14). The lowest BCUT2D eigenvalue weighted by Gasteiger charge is -2.31. The van der Waals surface area contributed by atoms with Crippen molar-refractivity contribution in [3.05, 3.63) is 6.33 Å². The van der Waals surface area contributed by atoms with E-state index in [4.69, 9.17) is 0 Å². The van der Waals surface area contributed by atoms with Gasteiger partial charge in [-0.25, -0.2) is 4.98 Å². The number of hydrogen-bond donors (Lipinski definition) is 1. The van der Waals surface area contributed by atoms with Crippen molar-refractivity contribution in [1.29, 1.82) is 0 Å². The van der Waals surface area contributed by atoms with Crippen LogP contribution in [0.5, 0.6) is 0 Å². The number of nitrogens with zero attached hydrogens (tertiary/aromatic N) is 3. The molecule has 0 atom stereocenters. The van der Waals surface area contributed by atoms with E-state index in [1.807, 2.05) is 0 Å². The van der Waals surface area contributed by atoms with Gasteiger partial charge >= 0.3 is 0 Å². The van der Waals surface area contributed by atoms with Crippen LogP contribution in [0.4, 0.5) is 5.13 Å². The van der Waals surface area contributed by atoms with Gasteiger partial charge in [-0.05, 0) is 12.8 Å². The number of hydrogen-bond acceptors (Lipinski definition) is 5. The lowest BCUT2D eigenvalue weighted by molar-refractivity contribution is -0.119. The molecule has 0 bridgehead atoms. The molecule has 0 radical (unpaired) electrons. The van der Waals surface area contributed by atoms with Crippen LogP contribution in [-0.4, -0.2) is 34.4 Å². The normalized spacial score (nSPS) is 17.8. The number of aromatic nitrogens is 2. The van der Waals surface area contributed by atoms with Crippen molar-refractivity contribution < 1.29 is 4.79 Å². The minimum Gasteiger partial charge on any atom is -0.353 e. The van der Waals surface area contributed by atoms with Gasteiger partial charge in [0.05, 0.1) is 0 Å². The number of nitrogens with one attached hydrogen (secondary N) is 1. The number of piperidine rings is 1. The van der Waals surface area contributed by atoms with Crippen LogP contribution in [0.15, 0.2) is 6.33 Å². The molecule has 0 unspecified atom stereocenters. The molecule has 2 heterocycles. The predicted molar refractivity (Wildman–Crippen MR) is 59.0 cm³/mol. The monoisotopic (exact) mass is 226 g/mol. The highest BCUT2D eigenvalue weighted by molar-refractivity contribution is 7.09. The van der Waals surface area contributed by atoms with E-state index in [0.717, 1.165) is 31.1 Å². The Morgan fingerprint density at radius 1 is 1.60 bits per heavy atom. The predicted octanol–water partition coefficient (Wildman–Crippen LogP) is 0.643. The Labute approximate surface area is 92.7 Å². The Hall–Kier alpha value is -1.17. The van der Waals surface area contributed by atoms with Gasteiger partial charge in [-0.15, -0.1) is 0 Å². The van der Waals surface area contributed by atoms with Crippen molar-refractivity contribution in [1.82, 2.24) is 14.7 Å². The summed E-state index contributed by atoms with van der Waals surface area (Å²) in [5.41, 5.74) is 0. The molecule has 0 aromatic carbocycles. The fraction of sp³-hybridized carbons (Fsp3) is 0.667. The summed E-state index contributed by atoms with van der Waals surface area (Å²) in [6.45, 7) is 3.46. The Morgan fingerprint density at radius 2 is 2.33 bits per heavy atom. The second-order valence-electron chi connectivity index (χ2n) is 3.69. The summed E-state index contributed by atoms with van der Waals surface area (Å²) in [7, 11) is 0. The van der Waals surface area contributed by atoms with E-state index < -0.39 is 0 Å². The van der Waals surface area contributed by atoms with Gasteiger partial charge in [-0.3, -0.25) is 4.79 Å². The van der Waals surface area contributed by atoms with Crippen LogP contribution in [-0.2, 0) is 4.79 Å². The first-order chi connectivity index (χ1) is 7.25. The van der Waals surface area contributed by atoms with Crippen LogP contribution in [0.1, 0.15) is 19.8 Å². The quantitative estimate of drug-likeness (QED) is 0.804. The Morgan fingerprint density at radius 3 is 2.87 bits per heavy atom. The molecule has 1 amide bonds. The molecule has 6 heteroatoms. The second-order valence-corrected chi connectivity index (χ2v) is 4.44. The molecule has 82 valence electrons. The minimum atomic E-state index is 0.0596. The number of anilines is 1. The minimum absolute atomic E-state index is 0.0596. The van der Waals surface area contributed by atoms with E-state index in [0.29, 0.717) is 6.04 Å². The second kappa shape index (κ2) is 4.57. The molecule has 1 aromatic rings. The van der Waals surface area contributed by atoms with Crippen molar-refractivity contribution >= 4 is 22.6 Å². The van der Waals surface area contributed by atoms with Gasteiger partial charge in [-0.1, -0.05) is 0 Å². The lowest BCUT2D eigenvalue weighted by Crippen LogP contribution is -2.44. The van der Waals surface area contributed by atoms with Crippen LogP contribution < -0.4 is 10.2 Å². The zero-order chi connectivity index (χ0) is 10.7. The van der Waals surface area contributed by atoms with Gasteiger partial charge in [0, 0.05) is 37.6 Å². The molecule has 5 nitrogen and oxygen atoms in total. The number of carbonyl (C=O) groups excluding carboxylic acids is 1. The van der Waals surface area contributed by atoms with Gasteiger partial charge in [-0.2, -0.15) is 4.37 Å². The molecule has 1 fully saturated rings. The molecule has 0 saturated carbocycles. The average molecular weight is 226 g/mol. The summed E-state index contributed by atoms with van der Waals surface area (Å²) >= 11 is 1.42. The third kappa shape index (κ3) is 2.65. The largest absolute Gasteiger partial charge is 0.353 e. The molecule has 15 heavy (non-hydrogen) atoms. The highest BCUT2D eigenvalue weighted by atomic mass is 32.1. The molecular formula is C9H14N4OS. The number of carbonyl (C=O) groups is 1. The first-order valence-electron chi connectivity index (χ1n) is 5.04. The maximum absolute atomic E-state index is 10.9. The summed E-state index contributed by atoms with van der Waals surface area (Å²) in [5.74, 6) is 0.0596. The van der Waals surface area contributed by atoms with Crippen LogP contribution in [0.3, 0.4) is 0 Å². The molecule has 1 aliphatic heterocycles. The maximum atomic E-state index is 10.9. The van der Waals surface area contributed by atoms with E-state index in [9.17, 15) is 4.79 Å². The van der Waals surface area contributed by atoms with Gasteiger partial charge in [0.1, 0.15) is 6.33 Å². The smallest absolute Gasteiger partial charge is 0.217 e. The van der Waals surface area contributed by atoms with E-state index >= 15 is 0 Å². The molecule has 0 spiro atoms. The third-order valence-corrected chi connectivity index (χ3v) is 3.25. The fourth-order valence-corrected chi connectivity index (χ4v) is 2.39. The van der Waals surface area contributed by atoms with Crippen LogP contribution in [0.2, 0.25) is 0 Å². The number of amides is 1. The van der Waals surface area contributed by atoms with Crippen LogP contribution in [0.25, 0.3) is 0 Å². The van der Waals surface area contributed by atoms with Crippen molar-refractivity contribution in [3.63, 3.8) is 0 Å². The third-order valence-electron chi connectivity index (χ3n) is 2.52. The van der Waals surface area contributed by atoms with Crippen molar-refractivity contribution in [2.75, 3.05) is 18.0 Å². The van der Waals surface area contributed by atoms with Crippen molar-refractivity contribution in [3.8, 4) is 0 Å². The molecular weight excluding hydrogens is 212 g/mol. The van der Waals surface area contributed by atoms with E-state index in [1.165, 1.54) is 11.5 Å². The van der Waals surface area contributed by atoms with Crippen molar-refractivity contribution in [2.45, 2.75) is 25.8 Å². The Balaban J connectivity index is 1.84. The van der Waals surface area contributed by atoms with Gasteiger partial charge < -0.3 is 10.2 Å². The summed E-state index contributed by atoms with van der Waals surface area (Å²) in [6, 6.07) is 0.326. The topological polar surface area (TPSA) is 58.1 Å². The highest BCUT2D eigenvalue weighted by Gasteiger charge is 2.21. The first kappa shape index (κ1) is 10.4. The molecule has 1 saturated heterocycles. The van der Waals surface area contributed by atoms with E-state index in [-0.39, 0.29) is 5.91 Å². The SMILES string of the molecule is CC(=O)NC1CCN(c2ncns2)CC1.